The van der Waals surface area contributed by atoms with Crippen LogP contribution in [-0.4, -0.2) is 47.9 Å². The molecule has 0 bridgehead atoms. The lowest BCUT2D eigenvalue weighted by molar-refractivity contribution is -0.139. The number of carbonyl (C=O) groups excluding carboxylic acids is 2. The smallest absolute Gasteiger partial charge is 0.321 e. The van der Waals surface area contributed by atoms with Crippen molar-refractivity contribution in [3.63, 3.8) is 0 Å². The minimum Gasteiger partial charge on any atom is -0.339 e. The summed E-state index contributed by atoms with van der Waals surface area (Å²) >= 11 is 5.82. The highest BCUT2D eigenvalue weighted by Gasteiger charge is 2.31. The summed E-state index contributed by atoms with van der Waals surface area (Å²) in [7, 11) is 0. The first kappa shape index (κ1) is 15.2. The predicted molar refractivity (Wildman–Crippen MR) is 86.0 cm³/mol. The van der Waals surface area contributed by atoms with E-state index in [4.69, 9.17) is 11.6 Å². The molecule has 3 amide bonds. The monoisotopic (exact) mass is 321 g/mol. The summed E-state index contributed by atoms with van der Waals surface area (Å²) in [6.45, 7) is 2.42. The van der Waals surface area contributed by atoms with Crippen molar-refractivity contribution < 1.29 is 9.59 Å². The first-order chi connectivity index (χ1) is 10.6. The van der Waals surface area contributed by atoms with Crippen LogP contribution in [-0.2, 0) is 4.79 Å². The molecule has 0 spiro atoms. The van der Waals surface area contributed by atoms with Gasteiger partial charge in [-0.3, -0.25) is 4.79 Å². The van der Waals surface area contributed by atoms with Gasteiger partial charge in [-0.15, -0.1) is 0 Å². The summed E-state index contributed by atoms with van der Waals surface area (Å²) in [6.07, 6.45) is 3.21. The van der Waals surface area contributed by atoms with Gasteiger partial charge in [0, 0.05) is 42.8 Å². The van der Waals surface area contributed by atoms with Crippen molar-refractivity contribution in [1.82, 2.24) is 9.80 Å². The number of hydrogen-bond acceptors (Lipinski definition) is 2. The maximum Gasteiger partial charge on any atom is 0.321 e. The molecule has 5 nitrogen and oxygen atoms in total. The highest BCUT2D eigenvalue weighted by atomic mass is 35.5. The second kappa shape index (κ2) is 6.57. The number of nitrogens with zero attached hydrogens (tertiary/aromatic N) is 2. The number of carbonyl (C=O) groups is 2. The van der Waals surface area contributed by atoms with Crippen molar-refractivity contribution in [3.8, 4) is 0 Å². The molecule has 1 aliphatic heterocycles. The minimum absolute atomic E-state index is 0.127. The Balaban J connectivity index is 1.49. The van der Waals surface area contributed by atoms with E-state index >= 15 is 0 Å². The number of urea groups is 1. The molecule has 1 heterocycles. The van der Waals surface area contributed by atoms with Crippen LogP contribution in [0.2, 0.25) is 5.02 Å². The molecule has 1 saturated heterocycles. The van der Waals surface area contributed by atoms with Gasteiger partial charge in [0.25, 0.3) is 0 Å². The maximum absolute atomic E-state index is 12.2. The summed E-state index contributed by atoms with van der Waals surface area (Å²) in [6, 6.07) is 6.91. The van der Waals surface area contributed by atoms with Gasteiger partial charge in [-0.25, -0.2) is 4.79 Å². The average Bonchev–Trinajstić information content (AvgIpc) is 2.48. The average molecular weight is 322 g/mol. The van der Waals surface area contributed by atoms with Crippen LogP contribution < -0.4 is 5.32 Å². The fraction of sp³-hybridized carbons (Fsp3) is 0.500. The van der Waals surface area contributed by atoms with Crippen molar-refractivity contribution in [2.45, 2.75) is 19.3 Å². The Labute approximate surface area is 135 Å². The van der Waals surface area contributed by atoms with E-state index in [1.807, 2.05) is 4.90 Å². The van der Waals surface area contributed by atoms with Gasteiger partial charge >= 0.3 is 6.03 Å². The summed E-state index contributed by atoms with van der Waals surface area (Å²) in [5.41, 5.74) is 0.724. The molecule has 0 aromatic heterocycles. The van der Waals surface area contributed by atoms with Gasteiger partial charge in [-0.1, -0.05) is 18.0 Å². The quantitative estimate of drug-likeness (QED) is 0.910. The third-order valence-electron chi connectivity index (χ3n) is 4.43. The highest BCUT2D eigenvalue weighted by Crippen LogP contribution is 2.28. The van der Waals surface area contributed by atoms with E-state index in [0.717, 1.165) is 18.5 Å². The first-order valence-corrected chi connectivity index (χ1v) is 8.11. The Bertz CT molecular complexity index is 549. The highest BCUT2D eigenvalue weighted by molar-refractivity contribution is 6.30. The van der Waals surface area contributed by atoms with Crippen LogP contribution in [0, 0.1) is 5.92 Å². The molecule has 118 valence electrons. The van der Waals surface area contributed by atoms with Gasteiger partial charge in [-0.2, -0.15) is 0 Å². The number of halogens is 1. The molecule has 1 N–H and O–H groups in total. The Morgan fingerprint density at radius 2 is 1.59 bits per heavy atom. The second-order valence-corrected chi connectivity index (χ2v) is 6.31. The van der Waals surface area contributed by atoms with E-state index in [2.05, 4.69) is 5.32 Å². The number of benzene rings is 1. The zero-order chi connectivity index (χ0) is 15.5. The van der Waals surface area contributed by atoms with E-state index in [1.165, 1.54) is 6.42 Å². The van der Waals surface area contributed by atoms with Crippen molar-refractivity contribution in [2.24, 2.45) is 5.92 Å². The summed E-state index contributed by atoms with van der Waals surface area (Å²) in [5.74, 6) is 0.499. The van der Waals surface area contributed by atoms with Crippen LogP contribution in [0.25, 0.3) is 0 Å². The first-order valence-electron chi connectivity index (χ1n) is 7.74. The molecule has 1 aromatic rings. The van der Waals surface area contributed by atoms with Crippen molar-refractivity contribution in [3.05, 3.63) is 29.3 Å². The van der Waals surface area contributed by atoms with Crippen molar-refractivity contribution in [2.75, 3.05) is 31.5 Å². The zero-order valence-corrected chi connectivity index (χ0v) is 13.2. The molecular formula is C16H20ClN3O2. The number of rotatable bonds is 2. The number of piperazine rings is 1. The third-order valence-corrected chi connectivity index (χ3v) is 4.68. The van der Waals surface area contributed by atoms with Crippen LogP contribution in [0.1, 0.15) is 19.3 Å². The molecule has 22 heavy (non-hydrogen) atoms. The molecule has 3 rings (SSSR count). The van der Waals surface area contributed by atoms with E-state index in [1.54, 1.807) is 29.2 Å². The van der Waals surface area contributed by atoms with Crippen LogP contribution >= 0.6 is 11.6 Å². The summed E-state index contributed by atoms with van der Waals surface area (Å²) < 4.78 is 0. The number of nitrogens with one attached hydrogen (secondary N) is 1. The van der Waals surface area contributed by atoms with Crippen LogP contribution in [0.3, 0.4) is 0 Å². The van der Waals surface area contributed by atoms with E-state index in [9.17, 15) is 9.59 Å². The Morgan fingerprint density at radius 3 is 2.14 bits per heavy atom. The molecular weight excluding hydrogens is 302 g/mol. The Morgan fingerprint density at radius 1 is 1.00 bits per heavy atom. The largest absolute Gasteiger partial charge is 0.339 e. The Kier molecular flexibility index (Phi) is 4.52. The molecule has 2 fully saturated rings. The predicted octanol–water partition coefficient (Wildman–Crippen LogP) is 2.82. The lowest BCUT2D eigenvalue weighted by Gasteiger charge is -2.38. The van der Waals surface area contributed by atoms with E-state index in [-0.39, 0.29) is 17.9 Å². The normalized spacial score (nSPS) is 18.8. The Hall–Kier alpha value is -1.75. The molecule has 1 aliphatic carbocycles. The van der Waals surface area contributed by atoms with E-state index in [0.29, 0.717) is 31.2 Å². The minimum atomic E-state index is -0.127. The molecule has 0 radical (unpaired) electrons. The molecule has 1 saturated carbocycles. The lowest BCUT2D eigenvalue weighted by Crippen LogP contribution is -2.53. The van der Waals surface area contributed by atoms with Crippen LogP contribution in [0.5, 0.6) is 0 Å². The van der Waals surface area contributed by atoms with E-state index < -0.39 is 0 Å². The zero-order valence-electron chi connectivity index (χ0n) is 12.4. The van der Waals surface area contributed by atoms with Gasteiger partial charge in [0.1, 0.15) is 0 Å². The number of amides is 3. The third kappa shape index (κ3) is 3.35. The molecule has 6 heteroatoms. The number of anilines is 1. The second-order valence-electron chi connectivity index (χ2n) is 5.88. The summed E-state index contributed by atoms with van der Waals surface area (Å²) in [5, 5.41) is 3.49. The van der Waals surface area contributed by atoms with Crippen molar-refractivity contribution in [1.29, 1.82) is 0 Å². The van der Waals surface area contributed by atoms with Gasteiger partial charge in [0.15, 0.2) is 0 Å². The molecule has 1 aromatic carbocycles. The molecule has 0 unspecified atom stereocenters. The standard InChI is InChI=1S/C16H20ClN3O2/c17-13-4-6-14(7-5-13)18-16(22)20-10-8-19(9-11-20)15(21)12-2-1-3-12/h4-7,12H,1-3,8-11H2,(H,18,22). The fourth-order valence-electron chi connectivity index (χ4n) is 2.78. The van der Waals surface area contributed by atoms with Gasteiger partial charge in [0.05, 0.1) is 0 Å². The van der Waals surface area contributed by atoms with Crippen LogP contribution in [0.4, 0.5) is 10.5 Å². The number of hydrogen-bond donors (Lipinski definition) is 1. The van der Waals surface area contributed by atoms with Gasteiger partial charge in [0.2, 0.25) is 5.91 Å². The van der Waals surface area contributed by atoms with Gasteiger partial charge < -0.3 is 15.1 Å². The van der Waals surface area contributed by atoms with Crippen molar-refractivity contribution >= 4 is 29.2 Å². The SMILES string of the molecule is O=C(Nc1ccc(Cl)cc1)N1CCN(C(=O)C2CCC2)CC1. The summed E-state index contributed by atoms with van der Waals surface area (Å²) in [4.78, 5) is 28.0. The molecule has 0 atom stereocenters. The topological polar surface area (TPSA) is 52.7 Å². The van der Waals surface area contributed by atoms with Crippen LogP contribution in [0.15, 0.2) is 24.3 Å². The van der Waals surface area contributed by atoms with Gasteiger partial charge in [-0.05, 0) is 37.1 Å². The fourth-order valence-corrected chi connectivity index (χ4v) is 2.91. The maximum atomic E-state index is 12.2. The lowest BCUT2D eigenvalue weighted by atomic mass is 9.84. The molecule has 2 aliphatic rings.